The first-order valence-corrected chi connectivity index (χ1v) is 8.57. The Morgan fingerprint density at radius 2 is 1.70 bits per heavy atom. The third kappa shape index (κ3) is 1.83. The molecule has 142 valence electrons. The van der Waals surface area contributed by atoms with Crippen molar-refractivity contribution in [1.29, 1.82) is 0 Å². The van der Waals surface area contributed by atoms with Crippen LogP contribution in [0.3, 0.4) is 0 Å². The van der Waals surface area contributed by atoms with Gasteiger partial charge < -0.3 is 24.8 Å². The SMILES string of the molecule is COC1(O)C(=O)c2c(O)cc(C)c3c4c(c(O)c(c23)C1=O)C(C)(C)C(C)O4. The van der Waals surface area contributed by atoms with Crippen molar-refractivity contribution < 1.29 is 34.4 Å². The van der Waals surface area contributed by atoms with E-state index in [0.717, 1.165) is 7.11 Å². The number of rotatable bonds is 1. The van der Waals surface area contributed by atoms with Crippen LogP contribution in [0.1, 0.15) is 52.6 Å². The number of methoxy groups -OCH3 is 1. The quantitative estimate of drug-likeness (QED) is 0.520. The highest BCUT2D eigenvalue weighted by Gasteiger charge is 2.55. The van der Waals surface area contributed by atoms with E-state index < -0.39 is 28.5 Å². The topological polar surface area (TPSA) is 113 Å². The molecular formula is C20H20O7. The van der Waals surface area contributed by atoms with E-state index in [2.05, 4.69) is 0 Å². The molecule has 2 unspecified atom stereocenters. The molecule has 7 nitrogen and oxygen atoms in total. The Kier molecular flexibility index (Phi) is 3.28. The molecule has 0 amide bonds. The molecule has 7 heteroatoms. The summed E-state index contributed by atoms with van der Waals surface area (Å²) in [5.74, 6) is -5.34. The zero-order chi connectivity index (χ0) is 20.0. The van der Waals surface area contributed by atoms with Gasteiger partial charge in [0.15, 0.2) is 0 Å². The van der Waals surface area contributed by atoms with Crippen LogP contribution in [0.15, 0.2) is 6.07 Å². The average Bonchev–Trinajstić information content (AvgIpc) is 2.82. The summed E-state index contributed by atoms with van der Waals surface area (Å²) in [7, 11) is 1.02. The first kappa shape index (κ1) is 17.8. The molecule has 1 aliphatic carbocycles. The molecule has 0 radical (unpaired) electrons. The Bertz CT molecular complexity index is 1070. The van der Waals surface area contributed by atoms with Crippen LogP contribution in [0, 0.1) is 6.92 Å². The van der Waals surface area contributed by atoms with Gasteiger partial charge in [-0.15, -0.1) is 0 Å². The second-order valence-corrected chi connectivity index (χ2v) is 7.75. The van der Waals surface area contributed by atoms with Gasteiger partial charge in [0.2, 0.25) is 11.6 Å². The van der Waals surface area contributed by atoms with Crippen molar-refractivity contribution in [1.82, 2.24) is 0 Å². The maximum atomic E-state index is 13.0. The number of aryl methyl sites for hydroxylation is 1. The summed E-state index contributed by atoms with van der Waals surface area (Å²) in [5, 5.41) is 32.6. The largest absolute Gasteiger partial charge is 0.507 e. The Morgan fingerprint density at radius 3 is 2.30 bits per heavy atom. The number of ketones is 2. The predicted octanol–water partition coefficient (Wildman–Crippen LogP) is 2.33. The highest BCUT2D eigenvalue weighted by atomic mass is 16.6. The molecule has 0 saturated heterocycles. The number of phenolic OH excluding ortho intramolecular Hbond substituents is 2. The lowest BCUT2D eigenvalue weighted by molar-refractivity contribution is -0.114. The summed E-state index contributed by atoms with van der Waals surface area (Å²) in [6, 6.07) is 1.38. The average molecular weight is 372 g/mol. The number of hydrogen-bond acceptors (Lipinski definition) is 7. The van der Waals surface area contributed by atoms with Crippen LogP contribution in [0.25, 0.3) is 10.8 Å². The fourth-order valence-corrected chi connectivity index (χ4v) is 4.14. The molecule has 2 atom stereocenters. The van der Waals surface area contributed by atoms with Crippen LogP contribution in [0.2, 0.25) is 0 Å². The molecule has 0 fully saturated rings. The van der Waals surface area contributed by atoms with Gasteiger partial charge in [-0.3, -0.25) is 9.59 Å². The van der Waals surface area contributed by atoms with E-state index >= 15 is 0 Å². The summed E-state index contributed by atoms with van der Waals surface area (Å²) in [6.45, 7) is 7.31. The lowest BCUT2D eigenvalue weighted by Gasteiger charge is -2.31. The lowest BCUT2D eigenvalue weighted by atomic mass is 9.74. The number of ether oxygens (including phenoxy) is 2. The summed E-state index contributed by atoms with van der Waals surface area (Å²) in [4.78, 5) is 25.8. The second kappa shape index (κ2) is 4.99. The van der Waals surface area contributed by atoms with Gasteiger partial charge in [-0.05, 0) is 25.5 Å². The van der Waals surface area contributed by atoms with Crippen LogP contribution >= 0.6 is 0 Å². The van der Waals surface area contributed by atoms with Gasteiger partial charge in [0.1, 0.15) is 23.4 Å². The van der Waals surface area contributed by atoms with Crippen molar-refractivity contribution in [2.45, 2.75) is 45.0 Å². The number of Topliss-reactive ketones (excluding diaryl/α,β-unsaturated/α-hetero) is 2. The number of aliphatic hydroxyl groups is 1. The summed E-state index contributed by atoms with van der Waals surface area (Å²) < 4.78 is 10.8. The van der Waals surface area contributed by atoms with Crippen LogP contribution in [0.5, 0.6) is 17.2 Å². The van der Waals surface area contributed by atoms with Crippen molar-refractivity contribution in [3.63, 3.8) is 0 Å². The minimum Gasteiger partial charge on any atom is -0.507 e. The number of carbonyl (C=O) groups excluding carboxylic acids is 2. The van der Waals surface area contributed by atoms with Crippen LogP contribution in [-0.4, -0.2) is 45.9 Å². The lowest BCUT2D eigenvalue weighted by Crippen LogP contribution is -2.51. The third-order valence-corrected chi connectivity index (χ3v) is 6.00. The molecule has 27 heavy (non-hydrogen) atoms. The molecule has 4 rings (SSSR count). The molecule has 2 aromatic carbocycles. The zero-order valence-corrected chi connectivity index (χ0v) is 15.6. The van der Waals surface area contributed by atoms with Crippen molar-refractivity contribution in [2.75, 3.05) is 7.11 Å². The van der Waals surface area contributed by atoms with E-state index in [4.69, 9.17) is 9.47 Å². The van der Waals surface area contributed by atoms with Crippen LogP contribution in [0.4, 0.5) is 0 Å². The molecule has 0 saturated carbocycles. The van der Waals surface area contributed by atoms with Crippen molar-refractivity contribution in [3.8, 4) is 17.2 Å². The van der Waals surface area contributed by atoms with Crippen molar-refractivity contribution in [2.24, 2.45) is 0 Å². The Morgan fingerprint density at radius 1 is 1.11 bits per heavy atom. The highest BCUT2D eigenvalue weighted by Crippen LogP contribution is 2.56. The number of carbonyl (C=O) groups is 2. The van der Waals surface area contributed by atoms with E-state index in [0.29, 0.717) is 22.3 Å². The highest BCUT2D eigenvalue weighted by molar-refractivity contribution is 6.35. The first-order valence-electron chi connectivity index (χ1n) is 8.57. The minimum atomic E-state index is -2.81. The summed E-state index contributed by atoms with van der Waals surface area (Å²) >= 11 is 0. The predicted molar refractivity (Wildman–Crippen MR) is 95.8 cm³/mol. The van der Waals surface area contributed by atoms with Crippen molar-refractivity contribution >= 4 is 22.3 Å². The minimum absolute atomic E-state index is 0.0744. The van der Waals surface area contributed by atoms with E-state index in [9.17, 15) is 24.9 Å². The number of benzene rings is 2. The smallest absolute Gasteiger partial charge is 0.297 e. The van der Waals surface area contributed by atoms with Crippen LogP contribution < -0.4 is 4.74 Å². The normalized spacial score (nSPS) is 25.6. The van der Waals surface area contributed by atoms with E-state index in [1.165, 1.54) is 6.07 Å². The number of hydrogen-bond donors (Lipinski definition) is 3. The number of aromatic hydroxyl groups is 2. The third-order valence-electron chi connectivity index (χ3n) is 6.00. The second-order valence-electron chi connectivity index (χ2n) is 7.75. The molecule has 0 bridgehead atoms. The molecule has 0 aromatic heterocycles. The molecule has 3 N–H and O–H groups in total. The molecule has 1 aliphatic heterocycles. The van der Waals surface area contributed by atoms with Crippen molar-refractivity contribution in [3.05, 3.63) is 28.3 Å². The van der Waals surface area contributed by atoms with Gasteiger partial charge in [0.25, 0.3) is 5.79 Å². The first-order chi connectivity index (χ1) is 12.5. The number of phenols is 2. The van der Waals surface area contributed by atoms with E-state index in [-0.39, 0.29) is 28.4 Å². The Hall–Kier alpha value is -2.64. The molecule has 0 spiro atoms. The van der Waals surface area contributed by atoms with E-state index in [1.807, 2.05) is 20.8 Å². The number of fused-ring (bicyclic) bond motifs is 2. The summed E-state index contributed by atoms with van der Waals surface area (Å²) in [6.07, 6.45) is -0.304. The maximum absolute atomic E-state index is 13.0. The van der Waals surface area contributed by atoms with Gasteiger partial charge in [-0.2, -0.15) is 0 Å². The standard InChI is InChI=1S/C20H20O7/c1-7-6-9(21)11-12-10(7)16-14(19(3,4)8(2)27-16)15(22)13(12)18(24)20(25,26-5)17(11)23/h6,8,21-22,25H,1-5H3. The molecule has 2 aliphatic rings. The summed E-state index contributed by atoms with van der Waals surface area (Å²) in [5.41, 5.74) is -0.127. The van der Waals surface area contributed by atoms with Crippen LogP contribution in [-0.2, 0) is 10.2 Å². The van der Waals surface area contributed by atoms with Gasteiger partial charge in [0.05, 0.1) is 11.1 Å². The zero-order valence-electron chi connectivity index (χ0n) is 15.6. The molecule has 1 heterocycles. The molecule has 2 aromatic rings. The van der Waals surface area contributed by atoms with Gasteiger partial charge >= 0.3 is 0 Å². The van der Waals surface area contributed by atoms with E-state index in [1.54, 1.807) is 6.92 Å². The van der Waals surface area contributed by atoms with Gasteiger partial charge in [-0.25, -0.2) is 0 Å². The maximum Gasteiger partial charge on any atom is 0.297 e. The Labute approximate surface area is 155 Å². The van der Waals surface area contributed by atoms with Gasteiger partial charge in [0, 0.05) is 28.9 Å². The van der Waals surface area contributed by atoms with Gasteiger partial charge in [-0.1, -0.05) is 13.8 Å². The fourth-order valence-electron chi connectivity index (χ4n) is 4.14. The Balaban J connectivity index is 2.31. The molecular weight excluding hydrogens is 352 g/mol. The fraction of sp³-hybridized carbons (Fsp3) is 0.400. The monoisotopic (exact) mass is 372 g/mol.